The van der Waals surface area contributed by atoms with E-state index < -0.39 is 17.7 Å². The number of ether oxygens (including phenoxy) is 1. The standard InChI is InChI=1S/C25H27ClN2O4/c1-15-12-18-13-17(8-9-20(18)32-15)23(29)21-22(16-6-4-7-19(26)14-16)28(25(31)24(21)30)11-5-10-27(2)3/h4,6-9,13-15,22,29H,5,10-12H2,1-3H3/t15-,22+/m1/s1. The van der Waals surface area contributed by atoms with E-state index in [0.717, 1.165) is 24.3 Å². The summed E-state index contributed by atoms with van der Waals surface area (Å²) in [5.41, 5.74) is 2.26. The first-order chi connectivity index (χ1) is 15.3. The van der Waals surface area contributed by atoms with Crippen molar-refractivity contribution in [3.63, 3.8) is 0 Å². The average Bonchev–Trinajstić information content (AvgIpc) is 3.24. The van der Waals surface area contributed by atoms with E-state index in [4.69, 9.17) is 16.3 Å². The molecule has 0 radical (unpaired) electrons. The van der Waals surface area contributed by atoms with Gasteiger partial charge in [0.15, 0.2) is 0 Å². The van der Waals surface area contributed by atoms with Crippen molar-refractivity contribution in [3.8, 4) is 5.75 Å². The predicted octanol–water partition coefficient (Wildman–Crippen LogP) is 4.04. The largest absolute Gasteiger partial charge is 0.507 e. The Hall–Kier alpha value is -2.83. The number of benzene rings is 2. The minimum atomic E-state index is -0.695. The first kappa shape index (κ1) is 22.4. The molecule has 168 valence electrons. The zero-order chi connectivity index (χ0) is 23.0. The number of ketones is 1. The minimum Gasteiger partial charge on any atom is -0.507 e. The normalized spacial score (nSPS) is 21.8. The van der Waals surface area contributed by atoms with Crippen LogP contribution in [0.3, 0.4) is 0 Å². The van der Waals surface area contributed by atoms with Crippen molar-refractivity contribution in [3.05, 3.63) is 69.8 Å². The number of likely N-dealkylation sites (tertiary alicyclic amines) is 1. The smallest absolute Gasteiger partial charge is 0.295 e. The van der Waals surface area contributed by atoms with Crippen molar-refractivity contribution < 1.29 is 19.4 Å². The molecule has 2 aliphatic heterocycles. The van der Waals surface area contributed by atoms with Crippen LogP contribution in [-0.4, -0.2) is 59.9 Å². The summed E-state index contributed by atoms with van der Waals surface area (Å²) in [7, 11) is 3.92. The van der Waals surface area contributed by atoms with Crippen molar-refractivity contribution in [1.82, 2.24) is 9.80 Å². The van der Waals surface area contributed by atoms with E-state index in [0.29, 0.717) is 29.1 Å². The molecule has 0 bridgehead atoms. The molecule has 0 spiro atoms. The second-order valence-electron chi connectivity index (χ2n) is 8.66. The van der Waals surface area contributed by atoms with Gasteiger partial charge in [-0.05, 0) is 75.4 Å². The van der Waals surface area contributed by atoms with Gasteiger partial charge in [-0.3, -0.25) is 9.59 Å². The molecule has 2 aliphatic rings. The number of aliphatic hydroxyl groups is 1. The molecule has 2 aromatic carbocycles. The SMILES string of the molecule is C[C@@H]1Cc2cc(C(O)=C3C(=O)C(=O)N(CCCN(C)C)[C@H]3c3cccc(Cl)c3)ccc2O1. The van der Waals surface area contributed by atoms with Crippen molar-refractivity contribution in [1.29, 1.82) is 0 Å². The van der Waals surface area contributed by atoms with E-state index in [1.54, 1.807) is 35.2 Å². The lowest BCUT2D eigenvalue weighted by atomic mass is 9.94. The molecule has 4 rings (SSSR count). The van der Waals surface area contributed by atoms with E-state index in [1.807, 2.05) is 38.1 Å². The molecule has 0 saturated carbocycles. The number of fused-ring (bicyclic) bond motifs is 1. The molecular formula is C25H27ClN2O4. The fourth-order valence-corrected chi connectivity index (χ4v) is 4.61. The zero-order valence-corrected chi connectivity index (χ0v) is 19.2. The van der Waals surface area contributed by atoms with Crippen LogP contribution >= 0.6 is 11.6 Å². The van der Waals surface area contributed by atoms with E-state index in [-0.39, 0.29) is 17.4 Å². The van der Waals surface area contributed by atoms with Gasteiger partial charge in [-0.15, -0.1) is 0 Å². The molecule has 1 N–H and O–H groups in total. The Morgan fingerprint density at radius 3 is 2.72 bits per heavy atom. The fourth-order valence-electron chi connectivity index (χ4n) is 4.42. The number of nitrogens with zero attached hydrogens (tertiary/aromatic N) is 2. The number of halogens is 1. The second kappa shape index (κ2) is 8.96. The molecule has 1 amide bonds. The third kappa shape index (κ3) is 4.25. The lowest BCUT2D eigenvalue weighted by Crippen LogP contribution is -2.32. The number of rotatable bonds is 6. The lowest BCUT2D eigenvalue weighted by molar-refractivity contribution is -0.139. The molecular weight excluding hydrogens is 428 g/mol. The van der Waals surface area contributed by atoms with E-state index >= 15 is 0 Å². The number of Topliss-reactive ketones (excluding diaryl/α,β-unsaturated/α-hetero) is 1. The van der Waals surface area contributed by atoms with E-state index in [1.165, 1.54) is 0 Å². The highest BCUT2D eigenvalue weighted by Crippen LogP contribution is 2.41. The molecule has 32 heavy (non-hydrogen) atoms. The molecule has 2 aromatic rings. The fraction of sp³-hybridized carbons (Fsp3) is 0.360. The van der Waals surface area contributed by atoms with Gasteiger partial charge in [0, 0.05) is 23.6 Å². The van der Waals surface area contributed by atoms with E-state index in [2.05, 4.69) is 0 Å². The summed E-state index contributed by atoms with van der Waals surface area (Å²) in [4.78, 5) is 29.7. The quantitative estimate of drug-likeness (QED) is 0.405. The van der Waals surface area contributed by atoms with Crippen LogP contribution in [0, 0.1) is 0 Å². The van der Waals surface area contributed by atoms with Crippen LogP contribution in [0.15, 0.2) is 48.0 Å². The molecule has 2 atom stereocenters. The van der Waals surface area contributed by atoms with Gasteiger partial charge in [0.05, 0.1) is 11.6 Å². The van der Waals surface area contributed by atoms with Gasteiger partial charge in [0.1, 0.15) is 17.6 Å². The summed E-state index contributed by atoms with van der Waals surface area (Å²) in [5.74, 6) is -0.675. The molecule has 6 nitrogen and oxygen atoms in total. The van der Waals surface area contributed by atoms with Crippen molar-refractivity contribution in [2.24, 2.45) is 0 Å². The van der Waals surface area contributed by atoms with Gasteiger partial charge in [-0.2, -0.15) is 0 Å². The van der Waals surface area contributed by atoms with Crippen LogP contribution < -0.4 is 4.74 Å². The second-order valence-corrected chi connectivity index (χ2v) is 9.10. The number of carbonyl (C=O) groups excluding carboxylic acids is 2. The van der Waals surface area contributed by atoms with Gasteiger partial charge in [-0.1, -0.05) is 23.7 Å². The maximum absolute atomic E-state index is 13.1. The van der Waals surface area contributed by atoms with Crippen molar-refractivity contribution >= 4 is 29.1 Å². The summed E-state index contributed by atoms with van der Waals surface area (Å²) in [5, 5.41) is 11.7. The summed E-state index contributed by atoms with van der Waals surface area (Å²) >= 11 is 6.22. The first-order valence-corrected chi connectivity index (χ1v) is 11.1. The molecule has 2 heterocycles. The molecule has 0 aliphatic carbocycles. The molecule has 0 aromatic heterocycles. The van der Waals surface area contributed by atoms with Crippen molar-refractivity contribution in [2.45, 2.75) is 31.9 Å². The average molecular weight is 455 g/mol. The van der Waals surface area contributed by atoms with Gasteiger partial charge < -0.3 is 19.6 Å². The first-order valence-electron chi connectivity index (χ1n) is 10.7. The number of hydrogen-bond acceptors (Lipinski definition) is 5. The van der Waals surface area contributed by atoms with Crippen LogP contribution in [-0.2, 0) is 16.0 Å². The summed E-state index contributed by atoms with van der Waals surface area (Å²) in [6, 6.07) is 11.8. The minimum absolute atomic E-state index is 0.0659. The highest BCUT2D eigenvalue weighted by molar-refractivity contribution is 6.46. The Morgan fingerprint density at radius 1 is 1.22 bits per heavy atom. The van der Waals surface area contributed by atoms with Crippen LogP contribution in [0.5, 0.6) is 5.75 Å². The van der Waals surface area contributed by atoms with Gasteiger partial charge in [0.25, 0.3) is 11.7 Å². The maximum atomic E-state index is 13.1. The van der Waals surface area contributed by atoms with Crippen LogP contribution in [0.1, 0.15) is 36.1 Å². The Kier molecular flexibility index (Phi) is 6.26. The lowest BCUT2D eigenvalue weighted by Gasteiger charge is -2.26. The third-order valence-corrected chi connectivity index (χ3v) is 6.11. The Bertz CT molecular complexity index is 1100. The molecule has 1 fully saturated rings. The van der Waals surface area contributed by atoms with E-state index in [9.17, 15) is 14.7 Å². The number of amides is 1. The number of carbonyl (C=O) groups is 2. The van der Waals surface area contributed by atoms with Gasteiger partial charge >= 0.3 is 0 Å². The highest BCUT2D eigenvalue weighted by atomic mass is 35.5. The summed E-state index contributed by atoms with van der Waals surface area (Å²) in [6.45, 7) is 3.15. The topological polar surface area (TPSA) is 70.1 Å². The summed E-state index contributed by atoms with van der Waals surface area (Å²) in [6.07, 6.45) is 1.49. The van der Waals surface area contributed by atoms with Crippen LogP contribution in [0.4, 0.5) is 0 Å². The van der Waals surface area contributed by atoms with Crippen molar-refractivity contribution in [2.75, 3.05) is 27.2 Å². The number of hydrogen-bond donors (Lipinski definition) is 1. The monoisotopic (exact) mass is 454 g/mol. The third-order valence-electron chi connectivity index (χ3n) is 5.88. The highest BCUT2D eigenvalue weighted by Gasteiger charge is 2.45. The molecule has 0 unspecified atom stereocenters. The van der Waals surface area contributed by atoms with Gasteiger partial charge in [0.2, 0.25) is 0 Å². The molecule has 1 saturated heterocycles. The Balaban J connectivity index is 1.78. The zero-order valence-electron chi connectivity index (χ0n) is 18.5. The predicted molar refractivity (Wildman–Crippen MR) is 124 cm³/mol. The van der Waals surface area contributed by atoms with Crippen LogP contribution in [0.25, 0.3) is 5.76 Å². The van der Waals surface area contributed by atoms with Crippen LogP contribution in [0.2, 0.25) is 5.02 Å². The summed E-state index contributed by atoms with van der Waals surface area (Å²) < 4.78 is 5.74. The maximum Gasteiger partial charge on any atom is 0.295 e. The van der Waals surface area contributed by atoms with Gasteiger partial charge in [-0.25, -0.2) is 0 Å². The Morgan fingerprint density at radius 2 is 2.00 bits per heavy atom. The molecule has 7 heteroatoms. The number of aliphatic hydroxyl groups excluding tert-OH is 1. The Labute approximate surface area is 193 Å².